The van der Waals surface area contributed by atoms with Crippen molar-refractivity contribution in [3.8, 4) is 0 Å². The highest BCUT2D eigenvalue weighted by molar-refractivity contribution is 7.80. The maximum Gasteiger partial charge on any atom is 0.170 e. The van der Waals surface area contributed by atoms with Crippen molar-refractivity contribution in [3.63, 3.8) is 0 Å². The Morgan fingerprint density at radius 1 is 1.50 bits per heavy atom. The summed E-state index contributed by atoms with van der Waals surface area (Å²) in [6.07, 6.45) is 1.69. The Hall–Kier alpha value is -1.66. The molecule has 5 nitrogen and oxygen atoms in total. The summed E-state index contributed by atoms with van der Waals surface area (Å²) in [6, 6.07) is 2.05. The predicted octanol–water partition coefficient (Wildman–Crippen LogP) is 1.19. The highest BCUT2D eigenvalue weighted by atomic mass is 32.1. The lowest BCUT2D eigenvalue weighted by Gasteiger charge is -2.26. The maximum absolute atomic E-state index is 5.79. The summed E-state index contributed by atoms with van der Waals surface area (Å²) in [5.41, 5.74) is 16.5. The van der Waals surface area contributed by atoms with Crippen molar-refractivity contribution in [2.75, 3.05) is 18.0 Å². The molecule has 6 heteroatoms. The van der Waals surface area contributed by atoms with Crippen LogP contribution in [0, 0.1) is 13.8 Å². The number of thiocarbonyl (C=S) groups is 1. The van der Waals surface area contributed by atoms with Crippen LogP contribution in [0.1, 0.15) is 11.1 Å². The zero-order chi connectivity index (χ0) is 13.3. The molecule has 18 heavy (non-hydrogen) atoms. The van der Waals surface area contributed by atoms with Crippen LogP contribution in [0.15, 0.2) is 12.4 Å². The third-order valence-corrected chi connectivity index (χ3v) is 3.22. The Morgan fingerprint density at radius 3 is 2.83 bits per heavy atom. The molecule has 2 rings (SSSR count). The molecule has 0 aliphatic carbocycles. The number of nitrogens with two attached hydrogens (primary N) is 2. The van der Waals surface area contributed by atoms with Gasteiger partial charge in [-0.1, -0.05) is 0 Å². The van der Waals surface area contributed by atoms with Gasteiger partial charge in [0.05, 0.1) is 23.0 Å². The molecule has 96 valence electrons. The van der Waals surface area contributed by atoms with Crippen molar-refractivity contribution >= 4 is 34.1 Å². The number of nitrogens with zero attached hydrogens (tertiary/aromatic N) is 2. The number of aromatic nitrogens is 2. The van der Waals surface area contributed by atoms with E-state index in [1.165, 1.54) is 0 Å². The fourth-order valence-corrected chi connectivity index (χ4v) is 2.47. The van der Waals surface area contributed by atoms with E-state index in [9.17, 15) is 0 Å². The van der Waals surface area contributed by atoms with Gasteiger partial charge in [0.1, 0.15) is 0 Å². The number of hydrogen-bond acceptors (Lipinski definition) is 3. The number of aromatic amines is 1. The average Bonchev–Trinajstić information content (AvgIpc) is 2.75. The molecule has 0 saturated heterocycles. The van der Waals surface area contributed by atoms with Gasteiger partial charge in [-0.05, 0) is 37.7 Å². The van der Waals surface area contributed by atoms with Crippen LogP contribution in [-0.4, -0.2) is 28.2 Å². The number of rotatable bonds is 3. The summed E-state index contributed by atoms with van der Waals surface area (Å²) in [7, 11) is 0. The summed E-state index contributed by atoms with van der Waals surface area (Å²) in [5.74, 6) is 0. The Kier molecular flexibility index (Phi) is 3.49. The van der Waals surface area contributed by atoms with Crippen molar-refractivity contribution in [2.24, 2.45) is 11.5 Å². The van der Waals surface area contributed by atoms with E-state index in [0.717, 1.165) is 27.8 Å². The monoisotopic (exact) mass is 263 g/mol. The van der Waals surface area contributed by atoms with Crippen LogP contribution in [0.25, 0.3) is 11.0 Å². The minimum atomic E-state index is 0.335. The van der Waals surface area contributed by atoms with Crippen LogP contribution in [0.3, 0.4) is 0 Å². The first-order chi connectivity index (χ1) is 8.56. The smallest absolute Gasteiger partial charge is 0.170 e. The Morgan fingerprint density at radius 2 is 2.22 bits per heavy atom. The summed E-state index contributed by atoms with van der Waals surface area (Å²) in [4.78, 5) is 9.30. The van der Waals surface area contributed by atoms with Crippen LogP contribution in [0.4, 0.5) is 5.69 Å². The van der Waals surface area contributed by atoms with Crippen LogP contribution in [0.5, 0.6) is 0 Å². The number of anilines is 1. The largest absolute Gasteiger partial charge is 0.376 e. The summed E-state index contributed by atoms with van der Waals surface area (Å²) in [5, 5.41) is 0.335. The Labute approximate surface area is 111 Å². The second-order valence-corrected chi connectivity index (χ2v) is 4.66. The number of aryl methyl sites for hydroxylation is 2. The van der Waals surface area contributed by atoms with Crippen LogP contribution >= 0.6 is 12.2 Å². The zero-order valence-electron chi connectivity index (χ0n) is 10.5. The normalized spacial score (nSPS) is 10.8. The molecular weight excluding hydrogens is 246 g/mol. The molecular formula is C12H17N5S. The van der Waals surface area contributed by atoms with E-state index in [1.807, 2.05) is 24.8 Å². The highest BCUT2D eigenvalue weighted by Gasteiger charge is 2.17. The topological polar surface area (TPSA) is 84.0 Å². The molecule has 0 aliphatic heterocycles. The minimum Gasteiger partial charge on any atom is -0.376 e. The predicted molar refractivity (Wildman–Crippen MR) is 78.8 cm³/mol. The van der Waals surface area contributed by atoms with E-state index < -0.39 is 0 Å². The Balaban J connectivity index is 2.64. The van der Waals surface area contributed by atoms with Gasteiger partial charge in [-0.2, -0.15) is 0 Å². The molecule has 0 fully saturated rings. The number of imidazole rings is 1. The summed E-state index contributed by atoms with van der Waals surface area (Å²) < 4.78 is 0. The summed E-state index contributed by atoms with van der Waals surface area (Å²) >= 11 is 5.11. The second-order valence-electron chi connectivity index (χ2n) is 4.24. The molecule has 5 N–H and O–H groups in total. The highest BCUT2D eigenvalue weighted by Crippen LogP contribution is 2.30. The fourth-order valence-electron chi connectivity index (χ4n) is 2.28. The van der Waals surface area contributed by atoms with E-state index in [4.69, 9.17) is 23.7 Å². The number of hydrogen-bond donors (Lipinski definition) is 3. The molecule has 0 unspecified atom stereocenters. The average molecular weight is 263 g/mol. The molecule has 0 saturated carbocycles. The van der Waals surface area contributed by atoms with Crippen molar-refractivity contribution in [1.29, 1.82) is 0 Å². The zero-order valence-corrected chi connectivity index (χ0v) is 11.3. The lowest BCUT2D eigenvalue weighted by molar-refractivity contribution is 0.937. The van der Waals surface area contributed by atoms with Gasteiger partial charge in [-0.3, -0.25) is 0 Å². The van der Waals surface area contributed by atoms with Gasteiger partial charge in [-0.15, -0.1) is 0 Å². The lowest BCUT2D eigenvalue weighted by atomic mass is 10.1. The lowest BCUT2D eigenvalue weighted by Crippen LogP contribution is -2.40. The van der Waals surface area contributed by atoms with E-state index in [-0.39, 0.29) is 0 Å². The van der Waals surface area contributed by atoms with Crippen LogP contribution in [-0.2, 0) is 0 Å². The third-order valence-electron chi connectivity index (χ3n) is 3.00. The van der Waals surface area contributed by atoms with Gasteiger partial charge >= 0.3 is 0 Å². The second kappa shape index (κ2) is 4.91. The number of fused-ring (bicyclic) bond motifs is 1. The van der Waals surface area contributed by atoms with Crippen molar-refractivity contribution in [2.45, 2.75) is 13.8 Å². The van der Waals surface area contributed by atoms with E-state index in [0.29, 0.717) is 18.2 Å². The van der Waals surface area contributed by atoms with E-state index in [2.05, 4.69) is 9.97 Å². The van der Waals surface area contributed by atoms with Gasteiger partial charge in [0.25, 0.3) is 0 Å². The van der Waals surface area contributed by atoms with E-state index >= 15 is 0 Å². The van der Waals surface area contributed by atoms with Crippen molar-refractivity contribution < 1.29 is 0 Å². The first-order valence-corrected chi connectivity index (χ1v) is 6.17. The molecule has 1 aromatic carbocycles. The molecule has 1 heterocycles. The first kappa shape index (κ1) is 12.8. The van der Waals surface area contributed by atoms with Gasteiger partial charge in [0.15, 0.2) is 5.11 Å². The molecule has 0 spiro atoms. The van der Waals surface area contributed by atoms with Gasteiger partial charge < -0.3 is 21.4 Å². The number of H-pyrrole nitrogens is 1. The molecule has 0 bridgehead atoms. The first-order valence-electron chi connectivity index (χ1n) is 5.76. The molecule has 0 aliphatic rings. The van der Waals surface area contributed by atoms with Gasteiger partial charge in [0, 0.05) is 18.7 Å². The molecule has 2 aromatic rings. The van der Waals surface area contributed by atoms with Gasteiger partial charge in [-0.25, -0.2) is 4.98 Å². The molecule has 1 aromatic heterocycles. The van der Waals surface area contributed by atoms with Crippen LogP contribution < -0.4 is 16.4 Å². The molecule has 0 atom stereocenters. The van der Waals surface area contributed by atoms with Gasteiger partial charge in [0.2, 0.25) is 0 Å². The third kappa shape index (κ3) is 2.04. The fraction of sp³-hybridized carbons (Fsp3) is 0.333. The quantitative estimate of drug-likeness (QED) is 0.724. The number of benzene rings is 1. The van der Waals surface area contributed by atoms with Crippen molar-refractivity contribution in [3.05, 3.63) is 23.5 Å². The van der Waals surface area contributed by atoms with E-state index in [1.54, 1.807) is 6.33 Å². The SMILES string of the molecule is Cc1cc2[nH]cnc2c(C)c1N(CCN)C(N)=S. The number of nitrogens with one attached hydrogen (secondary N) is 1. The molecule has 0 amide bonds. The Bertz CT molecular complexity index is 589. The maximum atomic E-state index is 5.79. The van der Waals surface area contributed by atoms with Crippen molar-refractivity contribution in [1.82, 2.24) is 9.97 Å². The minimum absolute atomic E-state index is 0.335. The molecule has 0 radical (unpaired) electrons. The standard InChI is InChI=1S/C12H17N5S/c1-7-5-9-10(16-6-15-9)8(2)11(7)17(4-3-13)12(14)18/h5-6H,3-4,13H2,1-2H3,(H2,14,18)(H,15,16). The summed E-state index contributed by atoms with van der Waals surface area (Å²) in [6.45, 7) is 5.15. The van der Waals surface area contributed by atoms with Crippen LogP contribution in [0.2, 0.25) is 0 Å².